The molecule has 0 radical (unpaired) electrons. The van der Waals surface area contributed by atoms with Gasteiger partial charge in [-0.05, 0) is 37.1 Å². The zero-order chi connectivity index (χ0) is 20.4. The number of carbonyl (C=O) groups excluding carboxylic acids is 1. The Bertz CT molecular complexity index is 680. The SMILES string of the molecule is O=C(O)COCCCCC1C(=O)C=CC1SCC(O)COc1cccc(Cl)c1. The van der Waals surface area contributed by atoms with Crippen molar-refractivity contribution in [3.63, 3.8) is 0 Å². The van der Waals surface area contributed by atoms with E-state index in [2.05, 4.69) is 0 Å². The Morgan fingerprint density at radius 1 is 1.32 bits per heavy atom. The molecule has 0 saturated heterocycles. The molecule has 0 aliphatic heterocycles. The average molecular weight is 429 g/mol. The molecule has 0 heterocycles. The lowest BCUT2D eigenvalue weighted by atomic mass is 9.98. The summed E-state index contributed by atoms with van der Waals surface area (Å²) in [4.78, 5) is 22.5. The smallest absolute Gasteiger partial charge is 0.329 e. The predicted octanol–water partition coefficient (Wildman–Crippen LogP) is 3.21. The first-order valence-corrected chi connectivity index (χ1v) is 10.6. The molecule has 6 nitrogen and oxygen atoms in total. The van der Waals surface area contributed by atoms with E-state index in [0.717, 1.165) is 12.8 Å². The molecule has 2 rings (SSSR count). The summed E-state index contributed by atoms with van der Waals surface area (Å²) >= 11 is 7.44. The first-order valence-electron chi connectivity index (χ1n) is 9.15. The maximum Gasteiger partial charge on any atom is 0.329 e. The van der Waals surface area contributed by atoms with Crippen molar-refractivity contribution in [2.45, 2.75) is 30.6 Å². The predicted molar refractivity (Wildman–Crippen MR) is 109 cm³/mol. The summed E-state index contributed by atoms with van der Waals surface area (Å²) in [5, 5.41) is 19.3. The topological polar surface area (TPSA) is 93.1 Å². The number of hydrogen-bond donors (Lipinski definition) is 2. The molecule has 1 aromatic rings. The van der Waals surface area contributed by atoms with Gasteiger partial charge in [-0.3, -0.25) is 4.79 Å². The van der Waals surface area contributed by atoms with E-state index in [9.17, 15) is 14.7 Å². The minimum absolute atomic E-state index is 0.0354. The molecular weight excluding hydrogens is 404 g/mol. The molecule has 28 heavy (non-hydrogen) atoms. The van der Waals surface area contributed by atoms with E-state index < -0.39 is 12.1 Å². The second-order valence-electron chi connectivity index (χ2n) is 6.53. The van der Waals surface area contributed by atoms with Crippen LogP contribution in [-0.2, 0) is 14.3 Å². The van der Waals surface area contributed by atoms with E-state index in [4.69, 9.17) is 26.2 Å². The van der Waals surface area contributed by atoms with Crippen molar-refractivity contribution in [3.8, 4) is 5.75 Å². The number of unbranched alkanes of at least 4 members (excludes halogenated alkanes) is 1. The van der Waals surface area contributed by atoms with Crippen molar-refractivity contribution >= 4 is 35.1 Å². The second-order valence-corrected chi connectivity index (χ2v) is 8.18. The van der Waals surface area contributed by atoms with Gasteiger partial charge < -0.3 is 19.7 Å². The van der Waals surface area contributed by atoms with E-state index in [-0.39, 0.29) is 30.2 Å². The van der Waals surface area contributed by atoms with Crippen molar-refractivity contribution in [2.75, 3.05) is 25.6 Å². The Hall–Kier alpha value is -1.54. The Labute approximate surface area is 173 Å². The largest absolute Gasteiger partial charge is 0.491 e. The number of carboxylic acids is 1. The van der Waals surface area contributed by atoms with Crippen molar-refractivity contribution in [2.24, 2.45) is 5.92 Å². The lowest BCUT2D eigenvalue weighted by molar-refractivity contribution is -0.142. The number of aliphatic hydroxyl groups is 1. The third-order valence-corrected chi connectivity index (χ3v) is 5.89. The first-order chi connectivity index (χ1) is 13.5. The highest BCUT2D eigenvalue weighted by molar-refractivity contribution is 8.00. The van der Waals surface area contributed by atoms with Crippen LogP contribution in [-0.4, -0.2) is 58.9 Å². The van der Waals surface area contributed by atoms with Crippen molar-refractivity contribution in [1.29, 1.82) is 0 Å². The standard InChI is InChI=1S/C20H25ClO6S/c21-14-4-3-5-16(10-14)27-11-15(22)13-28-19-8-7-18(23)17(19)6-1-2-9-26-12-20(24)25/h3-5,7-8,10,15,17,19,22H,1-2,6,9,11-13H2,(H,24,25). The fourth-order valence-electron chi connectivity index (χ4n) is 2.83. The second kappa shape index (κ2) is 12.1. The molecule has 2 N–H and O–H groups in total. The van der Waals surface area contributed by atoms with E-state index >= 15 is 0 Å². The van der Waals surface area contributed by atoms with Gasteiger partial charge in [-0.1, -0.05) is 30.2 Å². The number of aliphatic carboxylic acids is 1. The van der Waals surface area contributed by atoms with Gasteiger partial charge in [0, 0.05) is 28.6 Å². The molecule has 0 saturated carbocycles. The van der Waals surface area contributed by atoms with E-state index in [1.165, 1.54) is 0 Å². The molecule has 0 amide bonds. The zero-order valence-electron chi connectivity index (χ0n) is 15.5. The molecular formula is C20H25ClO6S. The summed E-state index contributed by atoms with van der Waals surface area (Å²) in [6.07, 6.45) is 5.06. The van der Waals surface area contributed by atoms with Crippen molar-refractivity contribution in [1.82, 2.24) is 0 Å². The number of ether oxygens (including phenoxy) is 2. The number of hydrogen-bond acceptors (Lipinski definition) is 6. The number of allylic oxidation sites excluding steroid dienone is 1. The van der Waals surface area contributed by atoms with Crippen LogP contribution in [0, 0.1) is 5.92 Å². The molecule has 1 aliphatic rings. The molecule has 8 heteroatoms. The van der Waals surface area contributed by atoms with Gasteiger partial charge in [0.25, 0.3) is 0 Å². The van der Waals surface area contributed by atoms with Gasteiger partial charge in [0.05, 0.1) is 6.10 Å². The number of rotatable bonds is 13. The summed E-state index contributed by atoms with van der Waals surface area (Å²) in [7, 11) is 0. The summed E-state index contributed by atoms with van der Waals surface area (Å²) in [5.74, 6) is 0.0836. The minimum atomic E-state index is -0.982. The highest BCUT2D eigenvalue weighted by Gasteiger charge is 2.30. The Balaban J connectivity index is 1.66. The van der Waals surface area contributed by atoms with Gasteiger partial charge in [0.2, 0.25) is 0 Å². The molecule has 154 valence electrons. The number of carboxylic acid groups (broad SMARTS) is 1. The van der Waals surface area contributed by atoms with Crippen LogP contribution in [0.5, 0.6) is 5.75 Å². The average Bonchev–Trinajstić information content (AvgIpc) is 3.01. The number of ketones is 1. The number of thioether (sulfide) groups is 1. The van der Waals surface area contributed by atoms with Gasteiger partial charge in [-0.2, -0.15) is 11.8 Å². The van der Waals surface area contributed by atoms with Gasteiger partial charge in [-0.25, -0.2) is 4.79 Å². The van der Waals surface area contributed by atoms with E-state index in [0.29, 0.717) is 29.6 Å². The van der Waals surface area contributed by atoms with Crippen LogP contribution in [0.4, 0.5) is 0 Å². The van der Waals surface area contributed by atoms with Gasteiger partial charge in [-0.15, -0.1) is 0 Å². The maximum atomic E-state index is 12.1. The monoisotopic (exact) mass is 428 g/mol. The van der Waals surface area contributed by atoms with Crippen LogP contribution in [0.3, 0.4) is 0 Å². The van der Waals surface area contributed by atoms with E-state index in [1.54, 1.807) is 42.1 Å². The van der Waals surface area contributed by atoms with Crippen molar-refractivity contribution in [3.05, 3.63) is 41.4 Å². The summed E-state index contributed by atoms with van der Waals surface area (Å²) in [6.45, 7) is 0.235. The zero-order valence-corrected chi connectivity index (χ0v) is 17.0. The fourth-order valence-corrected chi connectivity index (χ4v) is 4.25. The van der Waals surface area contributed by atoms with E-state index in [1.807, 2.05) is 6.08 Å². The molecule has 0 bridgehead atoms. The number of aliphatic hydroxyl groups excluding tert-OH is 1. The highest BCUT2D eigenvalue weighted by Crippen LogP contribution is 2.31. The van der Waals surface area contributed by atoms with Crippen LogP contribution in [0.2, 0.25) is 5.02 Å². The summed E-state index contributed by atoms with van der Waals surface area (Å²) in [6, 6.07) is 7.00. The Morgan fingerprint density at radius 2 is 2.14 bits per heavy atom. The molecule has 3 atom stereocenters. The van der Waals surface area contributed by atoms with Crippen LogP contribution in [0.1, 0.15) is 19.3 Å². The molecule has 0 fully saturated rings. The molecule has 1 aliphatic carbocycles. The molecule has 0 spiro atoms. The number of carbonyl (C=O) groups is 2. The quantitative estimate of drug-likeness (QED) is 0.466. The molecule has 1 aromatic carbocycles. The Morgan fingerprint density at radius 3 is 2.89 bits per heavy atom. The normalized spacial score (nSPS) is 19.7. The Kier molecular flexibility index (Phi) is 9.84. The lowest BCUT2D eigenvalue weighted by Crippen LogP contribution is -2.24. The van der Waals surface area contributed by atoms with Gasteiger partial charge in [0.1, 0.15) is 19.0 Å². The van der Waals surface area contributed by atoms with Crippen LogP contribution in [0.25, 0.3) is 0 Å². The summed E-state index contributed by atoms with van der Waals surface area (Å²) < 4.78 is 10.5. The summed E-state index contributed by atoms with van der Waals surface area (Å²) in [5.41, 5.74) is 0. The highest BCUT2D eigenvalue weighted by atomic mass is 35.5. The maximum absolute atomic E-state index is 12.1. The van der Waals surface area contributed by atoms with Gasteiger partial charge in [0.15, 0.2) is 5.78 Å². The van der Waals surface area contributed by atoms with Crippen LogP contribution in [0.15, 0.2) is 36.4 Å². The first kappa shape index (κ1) is 22.7. The third-order valence-electron chi connectivity index (χ3n) is 4.21. The fraction of sp³-hybridized carbons (Fsp3) is 0.500. The molecule has 0 aromatic heterocycles. The third kappa shape index (κ3) is 8.22. The number of benzene rings is 1. The van der Waals surface area contributed by atoms with Crippen molar-refractivity contribution < 1.29 is 29.3 Å². The van der Waals surface area contributed by atoms with Gasteiger partial charge >= 0.3 is 5.97 Å². The minimum Gasteiger partial charge on any atom is -0.491 e. The number of halogens is 1. The lowest BCUT2D eigenvalue weighted by Gasteiger charge is -2.19. The van der Waals surface area contributed by atoms with Crippen LogP contribution < -0.4 is 4.74 Å². The van der Waals surface area contributed by atoms with Crippen LogP contribution >= 0.6 is 23.4 Å². The molecule has 3 unspecified atom stereocenters.